The molecule has 2 heterocycles. The van der Waals surface area contributed by atoms with Crippen molar-refractivity contribution in [3.05, 3.63) is 0 Å². The Hall–Kier alpha value is -0.160. The van der Waals surface area contributed by atoms with Gasteiger partial charge in [0.25, 0.3) is 0 Å². The molecular formula is C10H19NO3. The van der Waals surface area contributed by atoms with E-state index in [2.05, 4.69) is 11.8 Å². The Morgan fingerprint density at radius 2 is 1.93 bits per heavy atom. The summed E-state index contributed by atoms with van der Waals surface area (Å²) >= 11 is 0. The summed E-state index contributed by atoms with van der Waals surface area (Å²) < 4.78 is 0. The molecule has 2 aliphatic heterocycles. The van der Waals surface area contributed by atoms with Crippen molar-refractivity contribution in [2.24, 2.45) is 0 Å². The third-order valence-electron chi connectivity index (χ3n) is 3.72. The first-order chi connectivity index (χ1) is 6.66. The molecule has 4 heteroatoms. The van der Waals surface area contributed by atoms with Gasteiger partial charge in [0.05, 0.1) is 24.9 Å². The van der Waals surface area contributed by atoms with Gasteiger partial charge in [-0.05, 0) is 19.8 Å². The molecule has 2 fully saturated rings. The molecule has 0 saturated carbocycles. The van der Waals surface area contributed by atoms with Gasteiger partial charge in [0.2, 0.25) is 0 Å². The van der Waals surface area contributed by atoms with E-state index in [-0.39, 0.29) is 18.7 Å². The molecule has 3 N–H and O–H groups in total. The lowest BCUT2D eigenvalue weighted by molar-refractivity contribution is 0.0174. The predicted octanol–water partition coefficient (Wildman–Crippen LogP) is -0.674. The van der Waals surface area contributed by atoms with Crippen molar-refractivity contribution >= 4 is 0 Å². The minimum atomic E-state index is -0.787. The van der Waals surface area contributed by atoms with Crippen LogP contribution in [0, 0.1) is 0 Å². The van der Waals surface area contributed by atoms with E-state index in [4.69, 9.17) is 0 Å². The molecule has 4 nitrogen and oxygen atoms in total. The SMILES string of the molecule is C[C@@H]1CCC[C@H]2[C@H](O)[C@H](O)[C@H](CO)N12. The van der Waals surface area contributed by atoms with E-state index in [9.17, 15) is 15.3 Å². The normalized spacial score (nSPS) is 49.3. The van der Waals surface area contributed by atoms with E-state index in [1.807, 2.05) is 0 Å². The molecule has 0 aromatic heterocycles. The highest BCUT2D eigenvalue weighted by atomic mass is 16.3. The van der Waals surface area contributed by atoms with Crippen molar-refractivity contribution in [1.82, 2.24) is 4.90 Å². The smallest absolute Gasteiger partial charge is 0.0991 e. The van der Waals surface area contributed by atoms with Gasteiger partial charge in [0.15, 0.2) is 0 Å². The number of nitrogens with zero attached hydrogens (tertiary/aromatic N) is 1. The summed E-state index contributed by atoms with van der Waals surface area (Å²) in [5.74, 6) is 0. The van der Waals surface area contributed by atoms with Crippen LogP contribution >= 0.6 is 0 Å². The molecule has 0 amide bonds. The van der Waals surface area contributed by atoms with Crippen molar-refractivity contribution in [2.75, 3.05) is 6.61 Å². The maximum Gasteiger partial charge on any atom is 0.0991 e. The number of aliphatic hydroxyl groups excluding tert-OH is 3. The Kier molecular flexibility index (Phi) is 2.79. The van der Waals surface area contributed by atoms with Crippen LogP contribution in [0.1, 0.15) is 26.2 Å². The van der Waals surface area contributed by atoms with Gasteiger partial charge < -0.3 is 15.3 Å². The highest BCUT2D eigenvalue weighted by Gasteiger charge is 2.49. The average Bonchev–Trinajstić information content (AvgIpc) is 2.43. The molecule has 0 radical (unpaired) electrons. The maximum absolute atomic E-state index is 9.81. The Morgan fingerprint density at radius 3 is 2.57 bits per heavy atom. The molecule has 2 rings (SSSR count). The number of piperidine rings is 1. The van der Waals surface area contributed by atoms with Gasteiger partial charge in [-0.15, -0.1) is 0 Å². The third-order valence-corrected chi connectivity index (χ3v) is 3.72. The average molecular weight is 201 g/mol. The molecule has 2 saturated heterocycles. The van der Waals surface area contributed by atoms with E-state index in [0.29, 0.717) is 6.04 Å². The Balaban J connectivity index is 2.20. The lowest BCUT2D eigenvalue weighted by atomic mass is 9.96. The van der Waals surface area contributed by atoms with Crippen molar-refractivity contribution in [2.45, 2.75) is 56.5 Å². The fourth-order valence-electron chi connectivity index (χ4n) is 3.00. The summed E-state index contributed by atoms with van der Waals surface area (Å²) in [6.45, 7) is 2.03. The summed E-state index contributed by atoms with van der Waals surface area (Å²) in [6, 6.07) is 0.133. The lowest BCUT2D eigenvalue weighted by Crippen LogP contribution is -2.49. The van der Waals surface area contributed by atoms with Crippen LogP contribution in [0.2, 0.25) is 0 Å². The standard InChI is InChI=1S/C10H19NO3/c1-6-3-2-4-7-9(13)10(14)8(5-12)11(6)7/h6-10,12-14H,2-5H2,1H3/t6-,7+,8+,9+,10-/m1/s1. The molecule has 0 unspecified atom stereocenters. The number of rotatable bonds is 1. The quantitative estimate of drug-likeness (QED) is 0.526. The zero-order valence-electron chi connectivity index (χ0n) is 8.50. The van der Waals surface area contributed by atoms with E-state index < -0.39 is 12.2 Å². The topological polar surface area (TPSA) is 63.9 Å². The summed E-state index contributed by atoms with van der Waals surface area (Å²) in [5.41, 5.74) is 0. The molecule has 0 bridgehead atoms. The molecule has 0 aromatic rings. The van der Waals surface area contributed by atoms with Crippen molar-refractivity contribution in [3.63, 3.8) is 0 Å². The van der Waals surface area contributed by atoms with Crippen LogP contribution in [0.15, 0.2) is 0 Å². The van der Waals surface area contributed by atoms with Crippen LogP contribution in [0.25, 0.3) is 0 Å². The van der Waals surface area contributed by atoms with Crippen LogP contribution < -0.4 is 0 Å². The largest absolute Gasteiger partial charge is 0.395 e. The Labute approximate surface area is 84.2 Å². The van der Waals surface area contributed by atoms with Gasteiger partial charge in [-0.3, -0.25) is 4.90 Å². The summed E-state index contributed by atoms with van der Waals surface area (Å²) in [4.78, 5) is 2.10. The van der Waals surface area contributed by atoms with Gasteiger partial charge in [-0.1, -0.05) is 6.42 Å². The second-order valence-corrected chi connectivity index (χ2v) is 4.53. The Morgan fingerprint density at radius 1 is 1.21 bits per heavy atom. The second-order valence-electron chi connectivity index (χ2n) is 4.53. The van der Waals surface area contributed by atoms with Crippen molar-refractivity contribution in [3.8, 4) is 0 Å². The highest BCUT2D eigenvalue weighted by molar-refractivity contribution is 5.03. The van der Waals surface area contributed by atoms with Gasteiger partial charge in [-0.2, -0.15) is 0 Å². The summed E-state index contributed by atoms with van der Waals surface area (Å²) in [7, 11) is 0. The number of hydrogen-bond acceptors (Lipinski definition) is 4. The monoisotopic (exact) mass is 201 g/mol. The summed E-state index contributed by atoms with van der Waals surface area (Å²) in [5, 5.41) is 28.8. The van der Waals surface area contributed by atoms with Crippen LogP contribution in [0.3, 0.4) is 0 Å². The Bertz CT molecular complexity index is 202. The van der Waals surface area contributed by atoms with Crippen molar-refractivity contribution < 1.29 is 15.3 Å². The van der Waals surface area contributed by atoms with Crippen LogP contribution in [-0.2, 0) is 0 Å². The molecule has 0 aliphatic carbocycles. The van der Waals surface area contributed by atoms with Crippen LogP contribution in [0.5, 0.6) is 0 Å². The number of hydrogen-bond donors (Lipinski definition) is 3. The van der Waals surface area contributed by atoms with Gasteiger partial charge in [0, 0.05) is 12.1 Å². The minimum Gasteiger partial charge on any atom is -0.395 e. The van der Waals surface area contributed by atoms with E-state index in [1.165, 1.54) is 0 Å². The molecule has 2 aliphatic rings. The zero-order valence-corrected chi connectivity index (χ0v) is 8.50. The zero-order chi connectivity index (χ0) is 10.3. The van der Waals surface area contributed by atoms with Gasteiger partial charge in [0.1, 0.15) is 0 Å². The van der Waals surface area contributed by atoms with Crippen molar-refractivity contribution in [1.29, 1.82) is 0 Å². The molecule has 14 heavy (non-hydrogen) atoms. The molecule has 5 atom stereocenters. The summed E-state index contributed by atoms with van der Waals surface area (Å²) in [6.07, 6.45) is 1.65. The second kappa shape index (κ2) is 3.77. The fraction of sp³-hybridized carbons (Fsp3) is 1.00. The molecule has 0 spiro atoms. The van der Waals surface area contributed by atoms with Crippen LogP contribution in [-0.4, -0.2) is 57.2 Å². The fourth-order valence-corrected chi connectivity index (χ4v) is 3.00. The molecule has 82 valence electrons. The number of aliphatic hydroxyl groups is 3. The lowest BCUT2D eigenvalue weighted by Gasteiger charge is -2.39. The molecule has 0 aromatic carbocycles. The van der Waals surface area contributed by atoms with Gasteiger partial charge >= 0.3 is 0 Å². The maximum atomic E-state index is 9.81. The van der Waals surface area contributed by atoms with E-state index in [1.54, 1.807) is 0 Å². The first kappa shape index (κ1) is 10.4. The third kappa shape index (κ3) is 1.37. The number of fused-ring (bicyclic) bond motifs is 1. The van der Waals surface area contributed by atoms with Crippen LogP contribution in [0.4, 0.5) is 0 Å². The highest BCUT2D eigenvalue weighted by Crippen LogP contribution is 2.35. The first-order valence-corrected chi connectivity index (χ1v) is 5.41. The van der Waals surface area contributed by atoms with E-state index >= 15 is 0 Å². The first-order valence-electron chi connectivity index (χ1n) is 5.41. The minimum absolute atomic E-state index is 0.0471. The predicted molar refractivity (Wildman–Crippen MR) is 51.8 cm³/mol. The van der Waals surface area contributed by atoms with Gasteiger partial charge in [-0.25, -0.2) is 0 Å². The van der Waals surface area contributed by atoms with E-state index in [0.717, 1.165) is 19.3 Å². The molecular weight excluding hydrogens is 182 g/mol.